The normalized spacial score (nSPS) is 13.1. The highest BCUT2D eigenvalue weighted by atomic mass is 16.6. The smallest absolute Gasteiger partial charge is 0.338 e. The minimum Gasteiger partial charge on any atom is -0.466 e. The second-order valence-corrected chi connectivity index (χ2v) is 8.56. The fourth-order valence-electron chi connectivity index (χ4n) is 3.47. The molecule has 0 spiro atoms. The Balaban J connectivity index is 4.46. The Labute approximate surface area is 185 Å². The van der Waals surface area contributed by atoms with Crippen molar-refractivity contribution in [2.45, 2.75) is 136 Å². The van der Waals surface area contributed by atoms with Crippen LogP contribution in [0.4, 0.5) is 0 Å². The molecule has 0 aromatic carbocycles. The highest BCUT2D eigenvalue weighted by Crippen LogP contribution is 2.23. The van der Waals surface area contributed by atoms with Crippen molar-refractivity contribution in [1.29, 1.82) is 0 Å². The Morgan fingerprint density at radius 1 is 0.633 bits per heavy atom. The molecule has 0 aromatic heterocycles. The third-order valence-corrected chi connectivity index (χ3v) is 5.50. The summed E-state index contributed by atoms with van der Waals surface area (Å²) in [7, 11) is 0. The molecular weight excluding hydrogens is 380 g/mol. The van der Waals surface area contributed by atoms with Crippen LogP contribution in [0.5, 0.6) is 0 Å². The maximum Gasteiger partial charge on any atom is 0.338 e. The van der Waals surface area contributed by atoms with Gasteiger partial charge in [-0.05, 0) is 25.7 Å². The van der Waals surface area contributed by atoms with Crippen molar-refractivity contribution in [2.75, 3.05) is 13.2 Å². The molecule has 0 aliphatic carbocycles. The van der Waals surface area contributed by atoms with Crippen molar-refractivity contribution in [3.8, 4) is 0 Å². The minimum atomic E-state index is -1.77. The Hall–Kier alpha value is -1.10. The SMILES string of the molecule is CCCCCCCOC(=O)CC(O)(CCCCCCC)C(=O)OCCCCCCC. The molecule has 0 aromatic rings. The number of esters is 2. The van der Waals surface area contributed by atoms with Gasteiger partial charge in [0.15, 0.2) is 5.60 Å². The van der Waals surface area contributed by atoms with Crippen molar-refractivity contribution in [1.82, 2.24) is 0 Å². The van der Waals surface area contributed by atoms with E-state index in [0.29, 0.717) is 19.6 Å². The molecule has 5 heteroatoms. The molecule has 5 nitrogen and oxygen atoms in total. The average molecular weight is 429 g/mol. The van der Waals surface area contributed by atoms with Crippen molar-refractivity contribution >= 4 is 11.9 Å². The van der Waals surface area contributed by atoms with Crippen LogP contribution in [0.25, 0.3) is 0 Å². The van der Waals surface area contributed by atoms with Crippen molar-refractivity contribution < 1.29 is 24.2 Å². The van der Waals surface area contributed by atoms with Gasteiger partial charge in [-0.25, -0.2) is 4.79 Å². The summed E-state index contributed by atoms with van der Waals surface area (Å²) in [4.78, 5) is 24.8. The molecule has 0 aliphatic heterocycles. The summed E-state index contributed by atoms with van der Waals surface area (Å²) in [6.45, 7) is 7.11. The van der Waals surface area contributed by atoms with E-state index in [1.165, 1.54) is 19.3 Å². The highest BCUT2D eigenvalue weighted by molar-refractivity contribution is 5.85. The molecule has 0 bridgehead atoms. The van der Waals surface area contributed by atoms with E-state index in [1.807, 2.05) is 0 Å². The molecule has 178 valence electrons. The van der Waals surface area contributed by atoms with E-state index < -0.39 is 17.5 Å². The first kappa shape index (κ1) is 28.9. The maximum absolute atomic E-state index is 12.6. The second-order valence-electron chi connectivity index (χ2n) is 8.56. The zero-order chi connectivity index (χ0) is 22.5. The third-order valence-electron chi connectivity index (χ3n) is 5.50. The monoisotopic (exact) mass is 428 g/mol. The molecule has 0 rings (SSSR count). The van der Waals surface area contributed by atoms with Gasteiger partial charge < -0.3 is 14.6 Å². The van der Waals surface area contributed by atoms with Crippen LogP contribution in [0.3, 0.4) is 0 Å². The lowest BCUT2D eigenvalue weighted by Gasteiger charge is -2.25. The molecule has 0 amide bonds. The molecule has 0 radical (unpaired) electrons. The summed E-state index contributed by atoms with van der Waals surface area (Å²) >= 11 is 0. The first-order chi connectivity index (χ1) is 14.5. The van der Waals surface area contributed by atoms with Gasteiger partial charge in [-0.1, -0.05) is 97.8 Å². The number of carbonyl (C=O) groups is 2. The van der Waals surface area contributed by atoms with Crippen LogP contribution in [0.15, 0.2) is 0 Å². The lowest BCUT2D eigenvalue weighted by Crippen LogP contribution is -2.42. The van der Waals surface area contributed by atoms with Crippen molar-refractivity contribution in [3.05, 3.63) is 0 Å². The largest absolute Gasteiger partial charge is 0.466 e. The fourth-order valence-corrected chi connectivity index (χ4v) is 3.47. The van der Waals surface area contributed by atoms with E-state index in [9.17, 15) is 14.7 Å². The number of aliphatic hydroxyl groups is 1. The summed E-state index contributed by atoms with van der Waals surface area (Å²) in [5.41, 5.74) is -1.77. The lowest BCUT2D eigenvalue weighted by atomic mass is 9.92. The standard InChI is InChI=1S/C25H48O5/c1-4-7-10-13-16-19-25(28,24(27)30-21-18-15-12-9-6-3)22-23(26)29-20-17-14-11-8-5-2/h28H,4-22H2,1-3H3. The lowest BCUT2D eigenvalue weighted by molar-refractivity contribution is -0.173. The van der Waals surface area contributed by atoms with E-state index in [-0.39, 0.29) is 12.8 Å². The van der Waals surface area contributed by atoms with Gasteiger partial charge in [0.2, 0.25) is 0 Å². The number of hydrogen-bond acceptors (Lipinski definition) is 5. The van der Waals surface area contributed by atoms with Gasteiger partial charge in [0, 0.05) is 0 Å². The van der Waals surface area contributed by atoms with Crippen LogP contribution in [-0.4, -0.2) is 35.9 Å². The van der Waals surface area contributed by atoms with Crippen LogP contribution >= 0.6 is 0 Å². The van der Waals surface area contributed by atoms with E-state index in [4.69, 9.17) is 9.47 Å². The molecule has 1 unspecified atom stereocenters. The van der Waals surface area contributed by atoms with Crippen LogP contribution < -0.4 is 0 Å². The van der Waals surface area contributed by atoms with E-state index in [1.54, 1.807) is 0 Å². The Bertz CT molecular complexity index is 424. The predicted molar refractivity (Wildman–Crippen MR) is 122 cm³/mol. The Morgan fingerprint density at radius 2 is 1.07 bits per heavy atom. The Morgan fingerprint density at radius 3 is 1.57 bits per heavy atom. The molecule has 0 saturated carbocycles. The number of rotatable bonds is 21. The molecule has 0 aliphatic rings. The van der Waals surface area contributed by atoms with Gasteiger partial charge in [-0.15, -0.1) is 0 Å². The molecule has 1 N–H and O–H groups in total. The van der Waals surface area contributed by atoms with Gasteiger partial charge in [-0.2, -0.15) is 0 Å². The topological polar surface area (TPSA) is 72.8 Å². The van der Waals surface area contributed by atoms with Crippen LogP contribution in [0.1, 0.15) is 130 Å². The van der Waals surface area contributed by atoms with E-state index in [2.05, 4.69) is 20.8 Å². The minimum absolute atomic E-state index is 0.247. The summed E-state index contributed by atoms with van der Waals surface area (Å²) in [6, 6.07) is 0. The first-order valence-corrected chi connectivity index (χ1v) is 12.5. The maximum atomic E-state index is 12.6. The van der Waals surface area contributed by atoms with Crippen LogP contribution in [0.2, 0.25) is 0 Å². The third kappa shape index (κ3) is 15.7. The van der Waals surface area contributed by atoms with E-state index in [0.717, 1.165) is 70.6 Å². The zero-order valence-electron chi connectivity index (χ0n) is 20.0. The fraction of sp³-hybridized carbons (Fsp3) is 0.920. The molecule has 0 heterocycles. The van der Waals surface area contributed by atoms with Gasteiger partial charge in [0.05, 0.1) is 19.6 Å². The zero-order valence-corrected chi connectivity index (χ0v) is 20.0. The summed E-state index contributed by atoms with van der Waals surface area (Å²) in [6.07, 6.45) is 15.5. The number of hydrogen-bond donors (Lipinski definition) is 1. The Kier molecular flexibility index (Phi) is 19.1. The molecule has 30 heavy (non-hydrogen) atoms. The van der Waals surface area contributed by atoms with Gasteiger partial charge in [-0.3, -0.25) is 4.79 Å². The van der Waals surface area contributed by atoms with Gasteiger partial charge >= 0.3 is 11.9 Å². The van der Waals surface area contributed by atoms with Crippen molar-refractivity contribution in [3.63, 3.8) is 0 Å². The highest BCUT2D eigenvalue weighted by Gasteiger charge is 2.40. The molecule has 0 fully saturated rings. The van der Waals surface area contributed by atoms with Crippen LogP contribution in [-0.2, 0) is 19.1 Å². The molecule has 1 atom stereocenters. The molecular formula is C25H48O5. The summed E-state index contributed by atoms with van der Waals surface area (Å²) in [5.74, 6) is -1.19. The second kappa shape index (κ2) is 19.8. The summed E-state index contributed by atoms with van der Waals surface area (Å²) in [5, 5.41) is 10.9. The summed E-state index contributed by atoms with van der Waals surface area (Å²) < 4.78 is 10.6. The quantitative estimate of drug-likeness (QED) is 0.167. The average Bonchev–Trinajstić information content (AvgIpc) is 2.72. The van der Waals surface area contributed by atoms with Crippen LogP contribution in [0, 0.1) is 0 Å². The number of ether oxygens (including phenoxy) is 2. The molecule has 0 saturated heterocycles. The first-order valence-electron chi connectivity index (χ1n) is 12.5. The predicted octanol–water partition coefficient (Wildman–Crippen LogP) is 6.50. The van der Waals surface area contributed by atoms with E-state index >= 15 is 0 Å². The van der Waals surface area contributed by atoms with Crippen molar-refractivity contribution in [2.24, 2.45) is 0 Å². The van der Waals surface area contributed by atoms with Gasteiger partial charge in [0.1, 0.15) is 0 Å². The number of unbranched alkanes of at least 4 members (excludes halogenated alkanes) is 12. The van der Waals surface area contributed by atoms with Gasteiger partial charge in [0.25, 0.3) is 0 Å². The number of carbonyl (C=O) groups excluding carboxylic acids is 2.